The first kappa shape index (κ1) is 14.2. The molecular formula is C7H8BrClF3NS. The minimum atomic E-state index is -4.20. The third kappa shape index (κ3) is 4.63. The number of hydrogen-bond donors (Lipinski definition) is 1. The van der Waals surface area contributed by atoms with Crippen LogP contribution in [0.2, 0.25) is 0 Å². The van der Waals surface area contributed by atoms with Gasteiger partial charge in [-0.1, -0.05) is 0 Å². The molecule has 0 amide bonds. The van der Waals surface area contributed by atoms with Crippen molar-refractivity contribution < 1.29 is 13.2 Å². The van der Waals surface area contributed by atoms with Crippen molar-refractivity contribution in [2.45, 2.75) is 18.6 Å². The largest absolute Gasteiger partial charge is 0.390 e. The van der Waals surface area contributed by atoms with Gasteiger partial charge in [0.25, 0.3) is 0 Å². The lowest BCUT2D eigenvalue weighted by Crippen LogP contribution is -2.19. The fourth-order valence-corrected chi connectivity index (χ4v) is 2.32. The van der Waals surface area contributed by atoms with Crippen molar-refractivity contribution in [3.63, 3.8) is 0 Å². The summed E-state index contributed by atoms with van der Waals surface area (Å²) >= 11 is 4.38. The van der Waals surface area contributed by atoms with Crippen LogP contribution >= 0.6 is 39.7 Å². The fourth-order valence-electron chi connectivity index (χ4n) is 0.873. The maximum Gasteiger partial charge on any atom is 0.390 e. The molecule has 0 radical (unpaired) electrons. The number of thiophene rings is 1. The topological polar surface area (TPSA) is 26.0 Å². The van der Waals surface area contributed by atoms with Crippen molar-refractivity contribution >= 4 is 39.7 Å². The number of alkyl halides is 3. The molecule has 14 heavy (non-hydrogen) atoms. The van der Waals surface area contributed by atoms with Crippen molar-refractivity contribution in [2.24, 2.45) is 5.73 Å². The van der Waals surface area contributed by atoms with Crippen molar-refractivity contribution in [1.82, 2.24) is 0 Å². The lowest BCUT2D eigenvalue weighted by molar-refractivity contribution is -0.138. The third-order valence-electron chi connectivity index (χ3n) is 1.40. The number of rotatable bonds is 2. The van der Waals surface area contributed by atoms with Gasteiger partial charge in [0.15, 0.2) is 0 Å². The summed E-state index contributed by atoms with van der Waals surface area (Å²) in [6.07, 6.45) is -5.17. The molecule has 0 aliphatic rings. The van der Waals surface area contributed by atoms with Crippen molar-refractivity contribution in [1.29, 1.82) is 0 Å². The predicted octanol–water partition coefficient (Wildman–Crippen LogP) is 3.88. The molecule has 0 aliphatic heterocycles. The smallest absolute Gasteiger partial charge is 0.323 e. The van der Waals surface area contributed by atoms with E-state index in [1.807, 2.05) is 0 Å². The Labute approximate surface area is 98.0 Å². The van der Waals surface area contributed by atoms with E-state index in [1.165, 1.54) is 11.3 Å². The van der Waals surface area contributed by atoms with Gasteiger partial charge in [-0.25, -0.2) is 0 Å². The van der Waals surface area contributed by atoms with E-state index >= 15 is 0 Å². The molecule has 1 rings (SSSR count). The van der Waals surface area contributed by atoms with Crippen LogP contribution in [-0.4, -0.2) is 6.18 Å². The Morgan fingerprint density at radius 3 is 2.43 bits per heavy atom. The highest BCUT2D eigenvalue weighted by atomic mass is 79.9. The molecule has 1 aromatic rings. The molecule has 0 fully saturated rings. The summed E-state index contributed by atoms with van der Waals surface area (Å²) in [7, 11) is 0. The SMILES string of the molecule is Cl.N[C@@H](CC(F)(F)F)c1cc(Br)cs1. The van der Waals surface area contributed by atoms with Crippen LogP contribution in [0.5, 0.6) is 0 Å². The molecule has 0 aliphatic carbocycles. The first-order chi connectivity index (χ1) is 5.88. The molecule has 0 saturated heterocycles. The van der Waals surface area contributed by atoms with Gasteiger partial charge in [0, 0.05) is 20.8 Å². The molecule has 0 bridgehead atoms. The van der Waals surface area contributed by atoms with Gasteiger partial charge in [-0.15, -0.1) is 23.7 Å². The van der Waals surface area contributed by atoms with Crippen LogP contribution in [0.3, 0.4) is 0 Å². The van der Waals surface area contributed by atoms with E-state index in [2.05, 4.69) is 15.9 Å². The second-order valence-corrected chi connectivity index (χ2v) is 4.45. The van der Waals surface area contributed by atoms with E-state index in [9.17, 15) is 13.2 Å². The zero-order valence-electron chi connectivity index (χ0n) is 6.84. The van der Waals surface area contributed by atoms with Crippen molar-refractivity contribution in [2.75, 3.05) is 0 Å². The normalized spacial score (nSPS) is 13.5. The maximum absolute atomic E-state index is 11.9. The highest BCUT2D eigenvalue weighted by Gasteiger charge is 2.31. The van der Waals surface area contributed by atoms with Gasteiger partial charge in [-0.2, -0.15) is 13.2 Å². The van der Waals surface area contributed by atoms with E-state index < -0.39 is 18.6 Å². The Hall–Kier alpha value is 0.220. The molecular weight excluding hydrogens is 303 g/mol. The highest BCUT2D eigenvalue weighted by Crippen LogP contribution is 2.32. The molecule has 0 saturated carbocycles. The Bertz CT molecular complexity index is 289. The fraction of sp³-hybridized carbons (Fsp3) is 0.429. The summed E-state index contributed by atoms with van der Waals surface area (Å²) in [5.74, 6) is 0. The molecule has 0 spiro atoms. The molecule has 0 aromatic carbocycles. The zero-order chi connectivity index (χ0) is 10.1. The van der Waals surface area contributed by atoms with Crippen LogP contribution in [0.4, 0.5) is 13.2 Å². The van der Waals surface area contributed by atoms with Crippen LogP contribution in [-0.2, 0) is 0 Å². The molecule has 0 unspecified atom stereocenters. The summed E-state index contributed by atoms with van der Waals surface area (Å²) in [6, 6.07) is 0.664. The van der Waals surface area contributed by atoms with E-state index in [0.29, 0.717) is 4.88 Å². The van der Waals surface area contributed by atoms with Gasteiger partial charge < -0.3 is 5.73 Å². The predicted molar refractivity (Wildman–Crippen MR) is 56.9 cm³/mol. The molecule has 1 atom stereocenters. The summed E-state index contributed by atoms with van der Waals surface area (Å²) in [6.45, 7) is 0. The van der Waals surface area contributed by atoms with Crippen LogP contribution in [0, 0.1) is 0 Å². The quantitative estimate of drug-likeness (QED) is 0.881. The second-order valence-electron chi connectivity index (χ2n) is 2.59. The minimum Gasteiger partial charge on any atom is -0.323 e. The highest BCUT2D eigenvalue weighted by molar-refractivity contribution is 9.10. The molecule has 7 heteroatoms. The van der Waals surface area contributed by atoms with Gasteiger partial charge in [0.05, 0.1) is 6.42 Å². The Morgan fingerprint density at radius 1 is 1.50 bits per heavy atom. The summed E-state index contributed by atoms with van der Waals surface area (Å²) in [5, 5.41) is 1.71. The van der Waals surface area contributed by atoms with Crippen LogP contribution in [0.1, 0.15) is 17.3 Å². The van der Waals surface area contributed by atoms with E-state index in [-0.39, 0.29) is 12.4 Å². The third-order valence-corrected chi connectivity index (χ3v) is 3.23. The average Bonchev–Trinajstić information content (AvgIpc) is 2.31. The molecule has 2 N–H and O–H groups in total. The van der Waals surface area contributed by atoms with Crippen LogP contribution in [0.15, 0.2) is 15.9 Å². The lowest BCUT2D eigenvalue weighted by atomic mass is 10.2. The standard InChI is InChI=1S/C7H7BrF3NS.ClH/c8-4-1-6(13-3-4)5(12)2-7(9,10)11;/h1,3,5H,2,12H2;1H/t5-;/m0./s1. The monoisotopic (exact) mass is 309 g/mol. The van der Waals surface area contributed by atoms with Gasteiger partial charge in [0.2, 0.25) is 0 Å². The Morgan fingerprint density at radius 2 is 2.07 bits per heavy atom. The summed E-state index contributed by atoms with van der Waals surface area (Å²) in [5.41, 5.74) is 5.36. The van der Waals surface area contributed by atoms with Crippen molar-refractivity contribution in [3.05, 3.63) is 20.8 Å². The number of halogens is 5. The summed E-state index contributed by atoms with van der Waals surface area (Å²) < 4.78 is 36.5. The van der Waals surface area contributed by atoms with Gasteiger partial charge in [-0.3, -0.25) is 0 Å². The van der Waals surface area contributed by atoms with Crippen LogP contribution in [0.25, 0.3) is 0 Å². The summed E-state index contributed by atoms with van der Waals surface area (Å²) in [4.78, 5) is 0.546. The average molecular weight is 311 g/mol. The first-order valence-electron chi connectivity index (χ1n) is 3.45. The minimum absolute atomic E-state index is 0. The second kappa shape index (κ2) is 5.34. The molecule has 82 valence electrons. The van der Waals surface area contributed by atoms with Crippen LogP contribution < -0.4 is 5.73 Å². The van der Waals surface area contributed by atoms with Crippen molar-refractivity contribution in [3.8, 4) is 0 Å². The molecule has 1 heterocycles. The van der Waals surface area contributed by atoms with E-state index in [1.54, 1.807) is 11.4 Å². The van der Waals surface area contributed by atoms with Gasteiger partial charge in [-0.05, 0) is 22.0 Å². The van der Waals surface area contributed by atoms with Gasteiger partial charge >= 0.3 is 6.18 Å². The zero-order valence-corrected chi connectivity index (χ0v) is 10.1. The Kier molecular flexibility index (Phi) is 5.43. The van der Waals surface area contributed by atoms with E-state index in [4.69, 9.17) is 5.73 Å². The first-order valence-corrected chi connectivity index (χ1v) is 5.12. The lowest BCUT2D eigenvalue weighted by Gasteiger charge is -2.11. The molecule has 1 nitrogen and oxygen atoms in total. The Balaban J connectivity index is 0.00000169. The van der Waals surface area contributed by atoms with Gasteiger partial charge in [0.1, 0.15) is 0 Å². The van der Waals surface area contributed by atoms with E-state index in [0.717, 1.165) is 4.47 Å². The number of nitrogens with two attached hydrogens (primary N) is 1. The maximum atomic E-state index is 11.9. The number of hydrogen-bond acceptors (Lipinski definition) is 2. The molecule has 1 aromatic heterocycles.